The predicted octanol–water partition coefficient (Wildman–Crippen LogP) is 5.66. The first-order valence-electron chi connectivity index (χ1n) is 7.86. The van der Waals surface area contributed by atoms with Crippen LogP contribution in [-0.4, -0.2) is 29.7 Å². The molecule has 23 heavy (non-hydrogen) atoms. The summed E-state index contributed by atoms with van der Waals surface area (Å²) in [4.78, 5) is 4.15. The lowest BCUT2D eigenvalue weighted by Crippen LogP contribution is -2.41. The van der Waals surface area contributed by atoms with Gasteiger partial charge in [0.15, 0.2) is 8.32 Å². The first kappa shape index (κ1) is 19.1. The van der Waals surface area contributed by atoms with E-state index in [4.69, 9.17) is 16.0 Å². The second kappa shape index (κ2) is 6.97. The average Bonchev–Trinajstić information content (AvgIpc) is 2.74. The molecule has 1 atom stereocenters. The van der Waals surface area contributed by atoms with Gasteiger partial charge in [0, 0.05) is 18.9 Å². The third-order valence-electron chi connectivity index (χ3n) is 4.74. The van der Waals surface area contributed by atoms with Gasteiger partial charge in [0.1, 0.15) is 8.85 Å². The van der Waals surface area contributed by atoms with E-state index in [2.05, 4.69) is 73.5 Å². The summed E-state index contributed by atoms with van der Waals surface area (Å²) >= 11 is 8.29. The Labute approximate surface area is 158 Å². The molecule has 0 aromatic carbocycles. The molecule has 0 amide bonds. The Kier molecular flexibility index (Phi) is 5.81. The molecule has 2 rings (SSSR count). The zero-order valence-corrected chi connectivity index (χ0v) is 18.6. The minimum absolute atomic E-state index is 0.239. The molecule has 7 heteroatoms. The number of hydrogen-bond acceptors (Lipinski definition) is 3. The molecule has 0 saturated carbocycles. The van der Waals surface area contributed by atoms with Crippen molar-refractivity contribution >= 4 is 53.4 Å². The Morgan fingerprint density at radius 3 is 2.65 bits per heavy atom. The van der Waals surface area contributed by atoms with Gasteiger partial charge in [-0.05, 0) is 54.1 Å². The molecule has 4 nitrogen and oxygen atoms in total. The number of halogens is 2. The van der Waals surface area contributed by atoms with Gasteiger partial charge in [-0.3, -0.25) is 4.68 Å². The van der Waals surface area contributed by atoms with Gasteiger partial charge in [-0.1, -0.05) is 32.4 Å². The summed E-state index contributed by atoms with van der Waals surface area (Å²) in [5, 5.41) is 6.44. The summed E-state index contributed by atoms with van der Waals surface area (Å²) in [7, 11) is -1.69. The number of rotatable bonds is 5. The van der Waals surface area contributed by atoms with Gasteiger partial charge in [0.2, 0.25) is 0 Å². The third kappa shape index (κ3) is 4.27. The normalized spacial score (nSPS) is 14.4. The van der Waals surface area contributed by atoms with E-state index in [9.17, 15) is 0 Å². The van der Waals surface area contributed by atoms with Crippen molar-refractivity contribution in [1.82, 2.24) is 14.8 Å². The molecule has 128 valence electrons. The van der Waals surface area contributed by atoms with Crippen LogP contribution in [0.2, 0.25) is 23.3 Å². The van der Waals surface area contributed by atoms with Crippen LogP contribution >= 0.6 is 34.2 Å². The summed E-state index contributed by atoms with van der Waals surface area (Å²) in [5.74, 6) is 0. The Morgan fingerprint density at radius 2 is 2.04 bits per heavy atom. The smallest absolute Gasteiger partial charge is 0.191 e. The van der Waals surface area contributed by atoms with Crippen LogP contribution in [0.25, 0.3) is 10.9 Å². The first-order valence-corrected chi connectivity index (χ1v) is 12.2. The average molecular weight is 466 g/mol. The third-order valence-corrected chi connectivity index (χ3v) is 10.3. The van der Waals surface area contributed by atoms with E-state index in [-0.39, 0.29) is 11.1 Å². The fourth-order valence-corrected chi connectivity index (χ4v) is 3.99. The summed E-state index contributed by atoms with van der Waals surface area (Å²) in [6, 6.07) is 2.14. The number of fused-ring (bicyclic) bond motifs is 1. The van der Waals surface area contributed by atoms with Gasteiger partial charge in [-0.2, -0.15) is 5.10 Å². The van der Waals surface area contributed by atoms with E-state index >= 15 is 0 Å². The molecule has 0 aliphatic carbocycles. The van der Waals surface area contributed by atoms with Crippen LogP contribution in [0.3, 0.4) is 0 Å². The fraction of sp³-hybridized carbons (Fsp3) is 0.625. The van der Waals surface area contributed by atoms with Crippen LogP contribution in [0.4, 0.5) is 0 Å². The summed E-state index contributed by atoms with van der Waals surface area (Å²) in [6.07, 6.45) is 2.72. The molecule has 0 radical (unpaired) electrons. The monoisotopic (exact) mass is 465 g/mol. The van der Waals surface area contributed by atoms with Crippen LogP contribution in [-0.2, 0) is 4.43 Å². The first-order chi connectivity index (χ1) is 10.5. The van der Waals surface area contributed by atoms with E-state index in [1.807, 2.05) is 10.7 Å². The predicted molar refractivity (Wildman–Crippen MR) is 108 cm³/mol. The highest BCUT2D eigenvalue weighted by Gasteiger charge is 2.37. The summed E-state index contributed by atoms with van der Waals surface area (Å²) < 4.78 is 9.28. The van der Waals surface area contributed by atoms with Gasteiger partial charge < -0.3 is 4.43 Å². The van der Waals surface area contributed by atoms with Gasteiger partial charge in [0.05, 0.1) is 16.9 Å². The molecule has 2 aromatic heterocycles. The molecule has 0 bridgehead atoms. The molecule has 1 unspecified atom stereocenters. The molecule has 2 heterocycles. The molecule has 0 spiro atoms. The van der Waals surface area contributed by atoms with E-state index in [1.54, 1.807) is 6.20 Å². The summed E-state index contributed by atoms with van der Waals surface area (Å²) in [6.45, 7) is 14.3. The highest BCUT2D eigenvalue weighted by molar-refractivity contribution is 14.1. The van der Waals surface area contributed by atoms with E-state index in [1.165, 1.54) is 0 Å². The topological polar surface area (TPSA) is 39.9 Å². The maximum atomic E-state index is 6.29. The Morgan fingerprint density at radius 1 is 1.39 bits per heavy atom. The highest BCUT2D eigenvalue weighted by atomic mass is 127. The van der Waals surface area contributed by atoms with Crippen LogP contribution in [0.5, 0.6) is 0 Å². The van der Waals surface area contributed by atoms with Crippen LogP contribution in [0.15, 0.2) is 12.3 Å². The molecule has 0 saturated heterocycles. The second-order valence-corrected chi connectivity index (χ2v) is 13.7. The fourth-order valence-electron chi connectivity index (χ4n) is 2.13. The van der Waals surface area contributed by atoms with Crippen LogP contribution in [0, 0.1) is 3.70 Å². The quantitative estimate of drug-likeness (QED) is 0.325. The molecule has 0 N–H and O–H groups in total. The van der Waals surface area contributed by atoms with Crippen molar-refractivity contribution in [2.45, 2.75) is 58.3 Å². The number of aromatic nitrogens is 3. The molecule has 0 aliphatic heterocycles. The molecular weight excluding hydrogens is 441 g/mol. The van der Waals surface area contributed by atoms with Gasteiger partial charge >= 0.3 is 0 Å². The molecular formula is C16H25ClIN3OSi. The van der Waals surface area contributed by atoms with Crippen LogP contribution in [0.1, 0.15) is 40.2 Å². The second-order valence-electron chi connectivity index (χ2n) is 7.51. The lowest BCUT2D eigenvalue weighted by atomic mass is 10.2. The minimum atomic E-state index is -1.69. The highest BCUT2D eigenvalue weighted by Crippen LogP contribution is 2.37. The van der Waals surface area contributed by atoms with Crippen molar-refractivity contribution < 1.29 is 4.43 Å². The Hall–Kier alpha value is -0.183. The van der Waals surface area contributed by atoms with E-state index < -0.39 is 8.32 Å². The van der Waals surface area contributed by atoms with Crippen LogP contribution < -0.4 is 0 Å². The van der Waals surface area contributed by atoms with E-state index in [0.29, 0.717) is 5.15 Å². The summed E-state index contributed by atoms with van der Waals surface area (Å²) in [5.41, 5.74) is 1.04. The SMILES string of the molecule is CC(CCO[Si](C)(C)C(C)(C)C)n1nc(I)c2cnc(Cl)cc21. The Bertz CT molecular complexity index is 696. The number of nitrogens with zero attached hydrogens (tertiary/aromatic N) is 3. The van der Waals surface area contributed by atoms with Crippen molar-refractivity contribution in [2.24, 2.45) is 0 Å². The van der Waals surface area contributed by atoms with Crippen molar-refractivity contribution in [1.29, 1.82) is 0 Å². The molecule has 2 aromatic rings. The molecule has 0 aliphatic rings. The molecule has 0 fully saturated rings. The standard InChI is InChI=1S/C16H25ClIN3OSi/c1-11(7-8-22-23(5,6)16(2,3)4)21-13-9-14(17)19-10-12(13)15(18)20-21/h9-11H,7-8H2,1-6H3. The van der Waals surface area contributed by atoms with E-state index in [0.717, 1.165) is 27.6 Å². The van der Waals surface area contributed by atoms with Crippen molar-refractivity contribution in [3.05, 3.63) is 21.1 Å². The van der Waals surface area contributed by atoms with Gasteiger partial charge in [-0.15, -0.1) is 0 Å². The van der Waals surface area contributed by atoms with Crippen molar-refractivity contribution in [2.75, 3.05) is 6.61 Å². The maximum Gasteiger partial charge on any atom is 0.191 e. The maximum absolute atomic E-state index is 6.29. The largest absolute Gasteiger partial charge is 0.417 e. The van der Waals surface area contributed by atoms with Gasteiger partial charge in [0.25, 0.3) is 0 Å². The van der Waals surface area contributed by atoms with Crippen molar-refractivity contribution in [3.8, 4) is 0 Å². The zero-order valence-electron chi connectivity index (χ0n) is 14.7. The number of pyridine rings is 1. The minimum Gasteiger partial charge on any atom is -0.417 e. The lowest BCUT2D eigenvalue weighted by Gasteiger charge is -2.36. The van der Waals surface area contributed by atoms with Gasteiger partial charge in [-0.25, -0.2) is 4.98 Å². The lowest BCUT2D eigenvalue weighted by molar-refractivity contribution is 0.257. The Balaban J connectivity index is 2.10. The van der Waals surface area contributed by atoms with Crippen molar-refractivity contribution in [3.63, 3.8) is 0 Å². The number of hydrogen-bond donors (Lipinski definition) is 0. The zero-order chi connectivity index (χ0) is 17.4.